The Labute approximate surface area is 180 Å². The van der Waals surface area contributed by atoms with Gasteiger partial charge >= 0.3 is 0 Å². The molecule has 0 bridgehead atoms. The van der Waals surface area contributed by atoms with Gasteiger partial charge in [0.1, 0.15) is 5.82 Å². The van der Waals surface area contributed by atoms with Gasteiger partial charge in [-0.05, 0) is 60.8 Å². The van der Waals surface area contributed by atoms with E-state index in [1.807, 2.05) is 31.6 Å². The third-order valence-electron chi connectivity index (χ3n) is 4.09. The van der Waals surface area contributed by atoms with Gasteiger partial charge in [-0.15, -0.1) is 24.0 Å². The van der Waals surface area contributed by atoms with Crippen LogP contribution in [0.15, 0.2) is 27.7 Å². The van der Waals surface area contributed by atoms with E-state index in [1.165, 1.54) is 6.07 Å². The van der Waals surface area contributed by atoms with Gasteiger partial charge in [0.05, 0.1) is 16.7 Å². The average Bonchev–Trinajstić information content (AvgIpc) is 2.81. The maximum Gasteiger partial charge on any atom is 0.191 e. The highest BCUT2D eigenvalue weighted by Crippen LogP contribution is 2.17. The Bertz CT molecular complexity index is 760. The summed E-state index contributed by atoms with van der Waals surface area (Å²) in [4.78, 5) is 4.65. The first kappa shape index (κ1) is 22.9. The third kappa shape index (κ3) is 6.22. The van der Waals surface area contributed by atoms with Crippen molar-refractivity contribution in [3.8, 4) is 0 Å². The monoisotopic (exact) mass is 537 g/mol. The Hall–Kier alpha value is -1.16. The number of nitrogens with zero attached hydrogens (tertiary/aromatic N) is 3. The van der Waals surface area contributed by atoms with Crippen molar-refractivity contribution in [1.82, 2.24) is 20.4 Å². The van der Waals surface area contributed by atoms with Crippen LogP contribution < -0.4 is 10.6 Å². The Morgan fingerprint density at radius 2 is 2.04 bits per heavy atom. The second-order valence-corrected chi connectivity index (χ2v) is 6.75. The zero-order valence-corrected chi connectivity index (χ0v) is 19.5. The fraction of sp³-hybridized carbons (Fsp3) is 0.444. The molecule has 0 atom stereocenters. The molecule has 2 N–H and O–H groups in total. The van der Waals surface area contributed by atoms with E-state index in [2.05, 4.69) is 43.6 Å². The summed E-state index contributed by atoms with van der Waals surface area (Å²) in [6.07, 6.45) is 0.786. The zero-order valence-electron chi connectivity index (χ0n) is 15.6. The summed E-state index contributed by atoms with van der Waals surface area (Å²) in [6.45, 7) is 8.19. The molecule has 26 heavy (non-hydrogen) atoms. The van der Waals surface area contributed by atoms with E-state index in [-0.39, 0.29) is 29.8 Å². The lowest BCUT2D eigenvalue weighted by Gasteiger charge is -2.11. The van der Waals surface area contributed by atoms with Gasteiger partial charge in [0, 0.05) is 31.4 Å². The summed E-state index contributed by atoms with van der Waals surface area (Å²) in [6, 6.07) is 5.09. The Morgan fingerprint density at radius 1 is 1.31 bits per heavy atom. The van der Waals surface area contributed by atoms with Crippen LogP contribution in [0.25, 0.3) is 0 Å². The molecule has 0 saturated carbocycles. The molecule has 2 rings (SSSR count). The molecule has 144 valence electrons. The van der Waals surface area contributed by atoms with Gasteiger partial charge in [-0.3, -0.25) is 4.68 Å². The van der Waals surface area contributed by atoms with E-state index >= 15 is 0 Å². The maximum absolute atomic E-state index is 13.3. The molecule has 0 fully saturated rings. The molecule has 0 spiro atoms. The molecule has 1 heterocycles. The van der Waals surface area contributed by atoms with Crippen molar-refractivity contribution in [3.05, 3.63) is 51.0 Å². The number of nitrogens with one attached hydrogen (secondary N) is 2. The second-order valence-electron chi connectivity index (χ2n) is 5.89. The standard InChI is InChI=1S/C18H25BrFN5.HI/c1-5-21-18(23-11-15-12(2)24-25(4)13(15)3)22-9-8-14-6-7-17(20)16(19)10-14;/h6-7,10H,5,8-9,11H2,1-4H3,(H2,21,22,23);1H. The molecule has 0 saturated heterocycles. The average molecular weight is 538 g/mol. The number of aliphatic imine (C=N–C) groups is 1. The molecular weight excluding hydrogens is 512 g/mol. The number of hydrogen-bond donors (Lipinski definition) is 2. The molecule has 0 amide bonds. The van der Waals surface area contributed by atoms with Gasteiger partial charge in [0.2, 0.25) is 0 Å². The van der Waals surface area contributed by atoms with Gasteiger partial charge in [-0.25, -0.2) is 9.38 Å². The molecule has 0 aliphatic carbocycles. The minimum Gasteiger partial charge on any atom is -0.357 e. The van der Waals surface area contributed by atoms with Gasteiger partial charge in [0.15, 0.2) is 5.96 Å². The molecule has 0 aliphatic heterocycles. The fourth-order valence-electron chi connectivity index (χ4n) is 2.57. The van der Waals surface area contributed by atoms with Crippen LogP contribution in [-0.4, -0.2) is 28.8 Å². The number of benzene rings is 1. The first-order chi connectivity index (χ1) is 11.9. The number of hydrogen-bond acceptors (Lipinski definition) is 2. The van der Waals surface area contributed by atoms with Crippen LogP contribution in [0.2, 0.25) is 0 Å². The third-order valence-corrected chi connectivity index (χ3v) is 4.70. The SMILES string of the molecule is CCNC(=NCc1c(C)nn(C)c1C)NCCc1ccc(F)c(Br)c1.I. The van der Waals surface area contributed by atoms with Crippen LogP contribution in [0.4, 0.5) is 4.39 Å². The number of rotatable bonds is 6. The van der Waals surface area contributed by atoms with Crippen molar-refractivity contribution < 1.29 is 4.39 Å². The van der Waals surface area contributed by atoms with Crippen molar-refractivity contribution in [1.29, 1.82) is 0 Å². The second kappa shape index (κ2) is 10.9. The molecule has 0 radical (unpaired) electrons. The zero-order chi connectivity index (χ0) is 18.4. The van der Waals surface area contributed by atoms with Crippen LogP contribution in [0.3, 0.4) is 0 Å². The fourth-order valence-corrected chi connectivity index (χ4v) is 2.99. The molecule has 1 aromatic carbocycles. The van der Waals surface area contributed by atoms with Gasteiger partial charge < -0.3 is 10.6 Å². The summed E-state index contributed by atoms with van der Waals surface area (Å²) in [5.41, 5.74) is 4.36. The smallest absolute Gasteiger partial charge is 0.191 e. The van der Waals surface area contributed by atoms with Crippen molar-refractivity contribution in [2.75, 3.05) is 13.1 Å². The number of aromatic nitrogens is 2. The van der Waals surface area contributed by atoms with Gasteiger partial charge in [-0.1, -0.05) is 6.07 Å². The van der Waals surface area contributed by atoms with E-state index < -0.39 is 0 Å². The minimum absolute atomic E-state index is 0. The number of halogens is 3. The molecule has 2 aromatic rings. The highest BCUT2D eigenvalue weighted by Gasteiger charge is 2.09. The first-order valence-electron chi connectivity index (χ1n) is 8.37. The van der Waals surface area contributed by atoms with Crippen molar-refractivity contribution in [2.24, 2.45) is 12.0 Å². The number of guanidine groups is 1. The highest BCUT2D eigenvalue weighted by atomic mass is 127. The Morgan fingerprint density at radius 3 is 2.62 bits per heavy atom. The summed E-state index contributed by atoms with van der Waals surface area (Å²) in [5, 5.41) is 11.0. The molecule has 1 aromatic heterocycles. The Balaban J connectivity index is 0.00000338. The van der Waals surface area contributed by atoms with Gasteiger partial charge in [-0.2, -0.15) is 5.10 Å². The molecule has 0 aliphatic rings. The lowest BCUT2D eigenvalue weighted by atomic mass is 10.1. The predicted octanol–water partition coefficient (Wildman–Crippen LogP) is 3.85. The largest absolute Gasteiger partial charge is 0.357 e. The lowest BCUT2D eigenvalue weighted by molar-refractivity contribution is 0.620. The normalized spacial score (nSPS) is 11.2. The summed E-state index contributed by atoms with van der Waals surface area (Å²) >= 11 is 3.22. The minimum atomic E-state index is -0.242. The van der Waals surface area contributed by atoms with Crippen LogP contribution in [0.5, 0.6) is 0 Å². The van der Waals surface area contributed by atoms with E-state index in [1.54, 1.807) is 6.07 Å². The molecule has 8 heteroatoms. The van der Waals surface area contributed by atoms with E-state index in [0.717, 1.165) is 48.0 Å². The molecule has 0 unspecified atom stereocenters. The van der Waals surface area contributed by atoms with Crippen molar-refractivity contribution >= 4 is 45.9 Å². The first-order valence-corrected chi connectivity index (χ1v) is 9.16. The lowest BCUT2D eigenvalue weighted by Crippen LogP contribution is -2.38. The number of aryl methyl sites for hydroxylation is 2. The topological polar surface area (TPSA) is 54.2 Å². The van der Waals surface area contributed by atoms with Crippen LogP contribution in [0, 0.1) is 19.7 Å². The van der Waals surface area contributed by atoms with Crippen LogP contribution in [-0.2, 0) is 20.0 Å². The molecular formula is C18H26BrFIN5. The van der Waals surface area contributed by atoms with E-state index in [4.69, 9.17) is 0 Å². The Kier molecular flexibility index (Phi) is 9.56. The summed E-state index contributed by atoms with van der Waals surface area (Å²) in [5.74, 6) is 0.528. The van der Waals surface area contributed by atoms with Crippen LogP contribution >= 0.6 is 39.9 Å². The van der Waals surface area contributed by atoms with Gasteiger partial charge in [0.25, 0.3) is 0 Å². The summed E-state index contributed by atoms with van der Waals surface area (Å²) in [7, 11) is 1.94. The summed E-state index contributed by atoms with van der Waals surface area (Å²) < 4.78 is 15.7. The predicted molar refractivity (Wildman–Crippen MR) is 119 cm³/mol. The van der Waals surface area contributed by atoms with Crippen LogP contribution in [0.1, 0.15) is 29.4 Å². The molecule has 5 nitrogen and oxygen atoms in total. The van der Waals surface area contributed by atoms with E-state index in [0.29, 0.717) is 11.0 Å². The highest BCUT2D eigenvalue weighted by molar-refractivity contribution is 14.0. The van der Waals surface area contributed by atoms with Crippen molar-refractivity contribution in [3.63, 3.8) is 0 Å². The van der Waals surface area contributed by atoms with E-state index in [9.17, 15) is 4.39 Å². The maximum atomic E-state index is 13.3. The van der Waals surface area contributed by atoms with Crippen molar-refractivity contribution in [2.45, 2.75) is 33.7 Å². The quantitative estimate of drug-likeness (QED) is 0.334.